The molecular weight excluding hydrogens is 260 g/mol. The Morgan fingerprint density at radius 1 is 1.00 bits per heavy atom. The predicted octanol–water partition coefficient (Wildman–Crippen LogP) is 5.96. The van der Waals surface area contributed by atoms with E-state index in [-0.39, 0.29) is 0 Å². The van der Waals surface area contributed by atoms with Gasteiger partial charge in [0.2, 0.25) is 0 Å². The summed E-state index contributed by atoms with van der Waals surface area (Å²) in [6.07, 6.45) is 20.5. The first-order valence-electron chi connectivity index (χ1n) is 9.13. The van der Waals surface area contributed by atoms with Crippen LogP contribution in [0.5, 0.6) is 0 Å². The van der Waals surface area contributed by atoms with Crippen molar-refractivity contribution in [3.63, 3.8) is 0 Å². The van der Waals surface area contributed by atoms with E-state index in [4.69, 9.17) is 5.11 Å². The molecule has 2 heteroatoms. The van der Waals surface area contributed by atoms with Gasteiger partial charge in [0.05, 0.1) is 0 Å². The molecule has 0 amide bonds. The Bertz CT molecular complexity index is 296. The van der Waals surface area contributed by atoms with Crippen LogP contribution in [0.25, 0.3) is 0 Å². The first kappa shape index (κ1) is 18.3. The summed E-state index contributed by atoms with van der Waals surface area (Å²) in [5.74, 6) is 1.12. The lowest BCUT2D eigenvalue weighted by molar-refractivity contribution is -0.131. The molecule has 0 aromatic rings. The molecular formula is C19H34O2. The molecule has 0 aromatic heterocycles. The van der Waals surface area contributed by atoms with Gasteiger partial charge in [0.15, 0.2) is 0 Å². The maximum atomic E-state index is 10.4. The summed E-state index contributed by atoms with van der Waals surface area (Å²) < 4.78 is 0. The summed E-state index contributed by atoms with van der Waals surface area (Å²) in [6, 6.07) is 0. The lowest BCUT2D eigenvalue weighted by atomic mass is 9.87. The van der Waals surface area contributed by atoms with E-state index in [2.05, 4.69) is 6.92 Å². The molecule has 2 nitrogen and oxygen atoms in total. The van der Waals surface area contributed by atoms with Gasteiger partial charge in [0.1, 0.15) is 0 Å². The van der Waals surface area contributed by atoms with Crippen LogP contribution in [0.15, 0.2) is 12.2 Å². The Morgan fingerprint density at radius 2 is 1.62 bits per heavy atom. The van der Waals surface area contributed by atoms with E-state index in [1.54, 1.807) is 6.08 Å². The highest BCUT2D eigenvalue weighted by Gasteiger charge is 2.25. The second kappa shape index (κ2) is 11.8. The minimum atomic E-state index is -0.825. The molecule has 0 spiro atoms. The quantitative estimate of drug-likeness (QED) is 0.356. The topological polar surface area (TPSA) is 37.3 Å². The lowest BCUT2D eigenvalue weighted by Gasteiger charge is -2.19. The van der Waals surface area contributed by atoms with Gasteiger partial charge < -0.3 is 5.11 Å². The first-order valence-corrected chi connectivity index (χ1v) is 9.13. The number of carboxylic acid groups (broad SMARTS) is 1. The van der Waals surface area contributed by atoms with Gasteiger partial charge in [-0.15, -0.1) is 0 Å². The van der Waals surface area contributed by atoms with E-state index < -0.39 is 5.97 Å². The predicted molar refractivity (Wildman–Crippen MR) is 89.5 cm³/mol. The number of rotatable bonds is 12. The molecule has 1 fully saturated rings. The molecule has 1 N–H and O–H groups in total. The van der Waals surface area contributed by atoms with Crippen LogP contribution >= 0.6 is 0 Å². The highest BCUT2D eigenvalue weighted by Crippen LogP contribution is 2.38. The fourth-order valence-electron chi connectivity index (χ4n) is 3.74. The van der Waals surface area contributed by atoms with Crippen LogP contribution in [0.1, 0.15) is 90.4 Å². The van der Waals surface area contributed by atoms with Gasteiger partial charge in [-0.05, 0) is 24.7 Å². The Morgan fingerprint density at radius 3 is 2.24 bits per heavy atom. The van der Waals surface area contributed by atoms with Crippen molar-refractivity contribution >= 4 is 5.97 Å². The van der Waals surface area contributed by atoms with Crippen molar-refractivity contribution in [1.82, 2.24) is 0 Å². The van der Waals surface area contributed by atoms with Crippen LogP contribution in [-0.2, 0) is 4.79 Å². The highest BCUT2D eigenvalue weighted by molar-refractivity contribution is 5.79. The highest BCUT2D eigenvalue weighted by atomic mass is 16.4. The monoisotopic (exact) mass is 294 g/mol. The fourth-order valence-corrected chi connectivity index (χ4v) is 3.74. The van der Waals surface area contributed by atoms with Crippen LogP contribution in [0.2, 0.25) is 0 Å². The largest absolute Gasteiger partial charge is 0.478 e. The van der Waals surface area contributed by atoms with Gasteiger partial charge in [0.25, 0.3) is 0 Å². The van der Waals surface area contributed by atoms with Gasteiger partial charge in [-0.25, -0.2) is 4.79 Å². The van der Waals surface area contributed by atoms with Crippen molar-refractivity contribution in [2.24, 2.45) is 11.8 Å². The third kappa shape index (κ3) is 8.95. The van der Waals surface area contributed by atoms with Gasteiger partial charge in [-0.1, -0.05) is 83.6 Å². The summed E-state index contributed by atoms with van der Waals surface area (Å²) in [4.78, 5) is 10.4. The number of carboxylic acids is 1. The summed E-state index contributed by atoms with van der Waals surface area (Å²) in [6.45, 7) is 2.28. The third-order valence-corrected chi connectivity index (χ3v) is 4.95. The van der Waals surface area contributed by atoms with Crippen LogP contribution in [0.4, 0.5) is 0 Å². The molecule has 21 heavy (non-hydrogen) atoms. The van der Waals surface area contributed by atoms with Crippen molar-refractivity contribution in [2.75, 3.05) is 0 Å². The van der Waals surface area contributed by atoms with Crippen molar-refractivity contribution in [3.8, 4) is 0 Å². The molecule has 0 bridgehead atoms. The molecule has 0 radical (unpaired) electrons. The lowest BCUT2D eigenvalue weighted by Crippen LogP contribution is -2.08. The SMILES string of the molecule is CCCCCCC[C@H]1CCC[C@@H]1CCCCC=CC(=O)O. The van der Waals surface area contributed by atoms with E-state index in [1.165, 1.54) is 76.7 Å². The van der Waals surface area contributed by atoms with Gasteiger partial charge in [-0.3, -0.25) is 0 Å². The van der Waals surface area contributed by atoms with Crippen molar-refractivity contribution in [2.45, 2.75) is 90.4 Å². The first-order chi connectivity index (χ1) is 10.2. The van der Waals surface area contributed by atoms with Gasteiger partial charge in [0, 0.05) is 6.08 Å². The van der Waals surface area contributed by atoms with E-state index in [0.29, 0.717) is 0 Å². The Balaban J connectivity index is 2.05. The molecule has 122 valence electrons. The van der Waals surface area contributed by atoms with Crippen LogP contribution in [0.3, 0.4) is 0 Å². The second-order valence-corrected chi connectivity index (χ2v) is 6.68. The minimum Gasteiger partial charge on any atom is -0.478 e. The van der Waals surface area contributed by atoms with Crippen molar-refractivity contribution in [3.05, 3.63) is 12.2 Å². The smallest absolute Gasteiger partial charge is 0.327 e. The van der Waals surface area contributed by atoms with Crippen LogP contribution in [0, 0.1) is 11.8 Å². The van der Waals surface area contributed by atoms with E-state index in [9.17, 15) is 4.79 Å². The molecule has 1 rings (SSSR count). The number of carbonyl (C=O) groups is 1. The maximum Gasteiger partial charge on any atom is 0.327 e. The van der Waals surface area contributed by atoms with Gasteiger partial charge >= 0.3 is 5.97 Å². The number of aliphatic carboxylic acids is 1. The molecule has 1 aliphatic rings. The summed E-state index contributed by atoms with van der Waals surface area (Å²) in [5, 5.41) is 8.53. The zero-order valence-electron chi connectivity index (χ0n) is 13.9. The zero-order valence-corrected chi connectivity index (χ0v) is 13.9. The van der Waals surface area contributed by atoms with Crippen LogP contribution < -0.4 is 0 Å². The summed E-state index contributed by atoms with van der Waals surface area (Å²) >= 11 is 0. The Kier molecular flexibility index (Phi) is 10.3. The third-order valence-electron chi connectivity index (χ3n) is 4.95. The number of unbranched alkanes of at least 4 members (excludes halogenated alkanes) is 6. The standard InChI is InChI=1S/C19H34O2/c1-2-3-4-5-8-12-17-14-11-15-18(17)13-9-6-7-10-16-19(20)21/h10,16-18H,2-9,11-15H2,1H3,(H,20,21)/t17-,18-/m0/s1. The van der Waals surface area contributed by atoms with E-state index >= 15 is 0 Å². The molecule has 0 saturated heterocycles. The number of hydrogen-bond acceptors (Lipinski definition) is 1. The molecule has 1 aliphatic carbocycles. The normalized spacial score (nSPS) is 22.1. The Labute approximate surface area is 131 Å². The van der Waals surface area contributed by atoms with Gasteiger partial charge in [-0.2, -0.15) is 0 Å². The van der Waals surface area contributed by atoms with Crippen molar-refractivity contribution in [1.29, 1.82) is 0 Å². The second-order valence-electron chi connectivity index (χ2n) is 6.68. The molecule has 0 heterocycles. The summed E-state index contributed by atoms with van der Waals surface area (Å²) in [5.41, 5.74) is 0. The molecule has 1 saturated carbocycles. The molecule has 0 aromatic carbocycles. The molecule has 0 aliphatic heterocycles. The zero-order chi connectivity index (χ0) is 15.3. The average Bonchev–Trinajstić information content (AvgIpc) is 2.89. The fraction of sp³-hybridized carbons (Fsp3) is 0.842. The van der Waals surface area contributed by atoms with E-state index in [1.807, 2.05) is 0 Å². The number of hydrogen-bond donors (Lipinski definition) is 1. The summed E-state index contributed by atoms with van der Waals surface area (Å²) in [7, 11) is 0. The van der Waals surface area contributed by atoms with Crippen molar-refractivity contribution < 1.29 is 9.90 Å². The number of allylic oxidation sites excluding steroid dienone is 1. The average molecular weight is 294 g/mol. The van der Waals surface area contributed by atoms with Crippen LogP contribution in [-0.4, -0.2) is 11.1 Å². The van der Waals surface area contributed by atoms with E-state index in [0.717, 1.165) is 24.7 Å². The minimum absolute atomic E-state index is 0.825. The molecule has 2 atom stereocenters. The maximum absolute atomic E-state index is 10.4. The Hall–Kier alpha value is -0.790. The molecule has 0 unspecified atom stereocenters.